The van der Waals surface area contributed by atoms with Crippen LogP contribution in [0.5, 0.6) is 0 Å². The molecule has 0 spiro atoms. The molecule has 1 unspecified atom stereocenters. The number of aliphatic hydroxyl groups is 1. The van der Waals surface area contributed by atoms with Crippen LogP contribution in [0.25, 0.3) is 0 Å². The Kier molecular flexibility index (Phi) is 6.61. The van der Waals surface area contributed by atoms with E-state index in [0.717, 1.165) is 24.5 Å². The zero-order chi connectivity index (χ0) is 15.1. The van der Waals surface area contributed by atoms with E-state index in [9.17, 15) is 5.11 Å². The summed E-state index contributed by atoms with van der Waals surface area (Å²) in [6.45, 7) is 5.30. The molecule has 0 saturated heterocycles. The van der Waals surface area contributed by atoms with Crippen molar-refractivity contribution in [3.05, 3.63) is 30.1 Å². The summed E-state index contributed by atoms with van der Waals surface area (Å²) in [5, 5.41) is 13.3. The zero-order valence-corrected chi connectivity index (χ0v) is 13.2. The molecule has 0 radical (unpaired) electrons. The van der Waals surface area contributed by atoms with Crippen LogP contribution in [-0.2, 0) is 4.74 Å². The number of pyridine rings is 1. The molecule has 1 fully saturated rings. The Hall–Kier alpha value is -0.970. The molecular weight excluding hydrogens is 264 g/mol. The SMILES string of the molecule is CC1CCC(OCC(O)CN[C@@H](C)c2ccccn2)CC1. The Labute approximate surface area is 127 Å². The standard InChI is InChI=1S/C17H28N2O2/c1-13-6-8-16(9-7-13)21-12-15(20)11-19-14(2)17-5-3-4-10-18-17/h3-5,10,13-16,19-20H,6-9,11-12H2,1-2H3/t13?,14-,15?,16?/m0/s1. The first-order chi connectivity index (χ1) is 10.1. The molecule has 0 bridgehead atoms. The van der Waals surface area contributed by atoms with Gasteiger partial charge >= 0.3 is 0 Å². The molecule has 1 aromatic heterocycles. The molecule has 1 heterocycles. The first-order valence-electron chi connectivity index (χ1n) is 8.09. The van der Waals surface area contributed by atoms with E-state index in [0.29, 0.717) is 19.3 Å². The van der Waals surface area contributed by atoms with Crippen molar-refractivity contribution in [1.29, 1.82) is 0 Å². The van der Waals surface area contributed by atoms with Crippen LogP contribution in [0.1, 0.15) is 51.3 Å². The Morgan fingerprint density at radius 2 is 2.10 bits per heavy atom. The maximum atomic E-state index is 10.0. The van der Waals surface area contributed by atoms with Gasteiger partial charge in [-0.15, -0.1) is 0 Å². The van der Waals surface area contributed by atoms with Crippen LogP contribution in [0.4, 0.5) is 0 Å². The van der Waals surface area contributed by atoms with Crippen molar-refractivity contribution in [2.75, 3.05) is 13.2 Å². The summed E-state index contributed by atoms with van der Waals surface area (Å²) in [6, 6.07) is 6.01. The van der Waals surface area contributed by atoms with Crippen LogP contribution in [0.15, 0.2) is 24.4 Å². The molecule has 0 aliphatic heterocycles. The molecule has 0 amide bonds. The number of rotatable bonds is 7. The molecule has 2 N–H and O–H groups in total. The van der Waals surface area contributed by atoms with E-state index < -0.39 is 6.10 Å². The minimum Gasteiger partial charge on any atom is -0.389 e. The van der Waals surface area contributed by atoms with Gasteiger partial charge in [-0.2, -0.15) is 0 Å². The van der Waals surface area contributed by atoms with Crippen molar-refractivity contribution in [3.8, 4) is 0 Å². The quantitative estimate of drug-likeness (QED) is 0.811. The number of ether oxygens (including phenoxy) is 1. The van der Waals surface area contributed by atoms with Gasteiger partial charge in [0.15, 0.2) is 0 Å². The summed E-state index contributed by atoms with van der Waals surface area (Å²) in [6.07, 6.45) is 6.42. The Balaban J connectivity index is 1.62. The van der Waals surface area contributed by atoms with Crippen molar-refractivity contribution in [2.24, 2.45) is 5.92 Å². The second-order valence-electron chi connectivity index (χ2n) is 6.25. The van der Waals surface area contributed by atoms with Gasteiger partial charge < -0.3 is 15.2 Å². The monoisotopic (exact) mass is 292 g/mol. The van der Waals surface area contributed by atoms with Gasteiger partial charge in [0, 0.05) is 18.8 Å². The van der Waals surface area contributed by atoms with Crippen LogP contribution < -0.4 is 5.32 Å². The summed E-state index contributed by atoms with van der Waals surface area (Å²) < 4.78 is 5.83. The lowest BCUT2D eigenvalue weighted by Gasteiger charge is -2.27. The first kappa shape index (κ1) is 16.4. The van der Waals surface area contributed by atoms with E-state index in [2.05, 4.69) is 24.1 Å². The second kappa shape index (κ2) is 8.47. The lowest BCUT2D eigenvalue weighted by Crippen LogP contribution is -2.34. The first-order valence-corrected chi connectivity index (χ1v) is 8.09. The van der Waals surface area contributed by atoms with Gasteiger partial charge in [0.05, 0.1) is 24.5 Å². The Bertz CT molecular complexity index is 391. The number of aliphatic hydroxyl groups excluding tert-OH is 1. The van der Waals surface area contributed by atoms with Gasteiger partial charge in [-0.1, -0.05) is 13.0 Å². The highest BCUT2D eigenvalue weighted by molar-refractivity contribution is 5.07. The Morgan fingerprint density at radius 1 is 1.33 bits per heavy atom. The molecule has 118 valence electrons. The minimum atomic E-state index is -0.462. The molecule has 1 aliphatic carbocycles. The van der Waals surface area contributed by atoms with Crippen LogP contribution >= 0.6 is 0 Å². The van der Waals surface area contributed by atoms with E-state index >= 15 is 0 Å². The predicted molar refractivity (Wildman–Crippen MR) is 84.0 cm³/mol. The smallest absolute Gasteiger partial charge is 0.0898 e. The molecule has 1 saturated carbocycles. The highest BCUT2D eigenvalue weighted by atomic mass is 16.5. The summed E-state index contributed by atoms with van der Waals surface area (Å²) in [5.74, 6) is 0.829. The van der Waals surface area contributed by atoms with E-state index in [-0.39, 0.29) is 6.04 Å². The molecule has 4 nitrogen and oxygen atoms in total. The topological polar surface area (TPSA) is 54.4 Å². The van der Waals surface area contributed by atoms with Crippen LogP contribution in [-0.4, -0.2) is 35.5 Å². The molecule has 2 rings (SSSR count). The van der Waals surface area contributed by atoms with Gasteiger partial charge in [0.2, 0.25) is 0 Å². The fraction of sp³-hybridized carbons (Fsp3) is 0.706. The third kappa shape index (κ3) is 5.73. The fourth-order valence-corrected chi connectivity index (χ4v) is 2.75. The normalized spacial score (nSPS) is 25.5. The van der Waals surface area contributed by atoms with Gasteiger partial charge in [0.25, 0.3) is 0 Å². The molecule has 0 aromatic carbocycles. The average molecular weight is 292 g/mol. The van der Waals surface area contributed by atoms with Crippen molar-refractivity contribution in [1.82, 2.24) is 10.3 Å². The molecule has 4 heteroatoms. The van der Waals surface area contributed by atoms with Gasteiger partial charge in [0.1, 0.15) is 0 Å². The fourth-order valence-electron chi connectivity index (χ4n) is 2.75. The van der Waals surface area contributed by atoms with Crippen LogP contribution in [0, 0.1) is 5.92 Å². The number of hydrogen-bond donors (Lipinski definition) is 2. The lowest BCUT2D eigenvalue weighted by molar-refractivity contribution is -0.0283. The lowest BCUT2D eigenvalue weighted by atomic mass is 9.89. The molecule has 1 aromatic rings. The maximum Gasteiger partial charge on any atom is 0.0898 e. The van der Waals surface area contributed by atoms with Gasteiger partial charge in [-0.3, -0.25) is 4.98 Å². The number of hydrogen-bond acceptors (Lipinski definition) is 4. The minimum absolute atomic E-state index is 0.136. The van der Waals surface area contributed by atoms with E-state index in [1.807, 2.05) is 18.2 Å². The van der Waals surface area contributed by atoms with Crippen molar-refractivity contribution < 1.29 is 9.84 Å². The van der Waals surface area contributed by atoms with E-state index in [1.165, 1.54) is 12.8 Å². The van der Waals surface area contributed by atoms with Crippen molar-refractivity contribution >= 4 is 0 Å². The number of nitrogens with one attached hydrogen (secondary N) is 1. The largest absolute Gasteiger partial charge is 0.389 e. The molecule has 2 atom stereocenters. The summed E-state index contributed by atoms with van der Waals surface area (Å²) in [7, 11) is 0. The molecule has 1 aliphatic rings. The summed E-state index contributed by atoms with van der Waals surface area (Å²) in [4.78, 5) is 4.31. The average Bonchev–Trinajstić information content (AvgIpc) is 2.53. The van der Waals surface area contributed by atoms with Gasteiger partial charge in [-0.05, 0) is 50.7 Å². The van der Waals surface area contributed by atoms with Gasteiger partial charge in [-0.25, -0.2) is 0 Å². The van der Waals surface area contributed by atoms with E-state index in [4.69, 9.17) is 4.74 Å². The zero-order valence-electron chi connectivity index (χ0n) is 13.2. The highest BCUT2D eigenvalue weighted by Gasteiger charge is 2.19. The summed E-state index contributed by atoms with van der Waals surface area (Å²) in [5.41, 5.74) is 0.992. The Morgan fingerprint density at radius 3 is 2.76 bits per heavy atom. The third-order valence-electron chi connectivity index (χ3n) is 4.28. The summed E-state index contributed by atoms with van der Waals surface area (Å²) >= 11 is 0. The molecular formula is C17H28N2O2. The highest BCUT2D eigenvalue weighted by Crippen LogP contribution is 2.25. The number of nitrogens with zero attached hydrogens (tertiary/aromatic N) is 1. The number of aromatic nitrogens is 1. The van der Waals surface area contributed by atoms with Crippen LogP contribution in [0.3, 0.4) is 0 Å². The predicted octanol–water partition coefficient (Wildman–Crippen LogP) is 2.69. The van der Waals surface area contributed by atoms with Crippen molar-refractivity contribution in [3.63, 3.8) is 0 Å². The van der Waals surface area contributed by atoms with Crippen LogP contribution in [0.2, 0.25) is 0 Å². The molecule has 21 heavy (non-hydrogen) atoms. The van der Waals surface area contributed by atoms with Crippen molar-refractivity contribution in [2.45, 2.75) is 57.8 Å². The second-order valence-corrected chi connectivity index (χ2v) is 6.25. The maximum absolute atomic E-state index is 10.0. The van der Waals surface area contributed by atoms with E-state index in [1.54, 1.807) is 6.20 Å². The third-order valence-corrected chi connectivity index (χ3v) is 4.28.